The Bertz CT molecular complexity index is 576. The molecule has 0 spiro atoms. The summed E-state index contributed by atoms with van der Waals surface area (Å²) in [4.78, 5) is 29.2. The third-order valence-corrected chi connectivity index (χ3v) is 1.82. The van der Waals surface area contributed by atoms with Gasteiger partial charge in [0.1, 0.15) is 11.9 Å². The Morgan fingerprint density at radius 3 is 2.81 bits per heavy atom. The van der Waals surface area contributed by atoms with Gasteiger partial charge in [0.15, 0.2) is 5.65 Å². The first kappa shape index (κ1) is 10.0. The van der Waals surface area contributed by atoms with Gasteiger partial charge in [0, 0.05) is 6.92 Å². The van der Waals surface area contributed by atoms with Crippen LogP contribution in [0.15, 0.2) is 12.5 Å². The highest BCUT2D eigenvalue weighted by Crippen LogP contribution is 2.10. The van der Waals surface area contributed by atoms with Gasteiger partial charge >= 0.3 is 5.97 Å². The molecular weight excluding hydrogens is 214 g/mol. The molecule has 0 bridgehead atoms. The van der Waals surface area contributed by atoms with Crippen molar-refractivity contribution < 1.29 is 14.7 Å². The van der Waals surface area contributed by atoms with Crippen LogP contribution in [0.5, 0.6) is 0 Å². The molecule has 2 aromatic heterocycles. The van der Waals surface area contributed by atoms with Crippen molar-refractivity contribution in [2.75, 3.05) is 5.32 Å². The lowest BCUT2D eigenvalue weighted by atomic mass is 10.3. The van der Waals surface area contributed by atoms with Crippen molar-refractivity contribution >= 4 is 23.5 Å². The second kappa shape index (κ2) is 3.57. The van der Waals surface area contributed by atoms with Gasteiger partial charge in [0.25, 0.3) is 0 Å². The van der Waals surface area contributed by atoms with Gasteiger partial charge in [-0.2, -0.15) is 9.61 Å². The van der Waals surface area contributed by atoms with E-state index >= 15 is 0 Å². The first-order valence-corrected chi connectivity index (χ1v) is 4.29. The topological polar surface area (TPSA) is 109 Å². The number of hydrogen-bond acceptors (Lipinski definition) is 5. The molecule has 0 fully saturated rings. The second-order valence-corrected chi connectivity index (χ2v) is 2.98. The molecule has 0 aliphatic rings. The van der Waals surface area contributed by atoms with Crippen molar-refractivity contribution in [1.82, 2.24) is 19.6 Å². The van der Waals surface area contributed by atoms with E-state index < -0.39 is 5.97 Å². The van der Waals surface area contributed by atoms with E-state index in [1.807, 2.05) is 0 Å². The average molecular weight is 221 g/mol. The Morgan fingerprint density at radius 2 is 2.19 bits per heavy atom. The molecule has 1 amide bonds. The minimum atomic E-state index is -1.14. The predicted octanol–water partition coefficient (Wildman–Crippen LogP) is -0.219. The number of amides is 1. The fraction of sp³-hybridized carbons (Fsp3) is 0.125. The number of nitrogens with one attached hydrogen (secondary N) is 1. The molecule has 2 heterocycles. The summed E-state index contributed by atoms with van der Waals surface area (Å²) in [6.45, 7) is 1.32. The summed E-state index contributed by atoms with van der Waals surface area (Å²) in [7, 11) is 0. The quantitative estimate of drug-likeness (QED) is 0.725. The largest absolute Gasteiger partial charge is 0.477 e. The zero-order valence-electron chi connectivity index (χ0n) is 8.21. The molecule has 8 nitrogen and oxygen atoms in total. The van der Waals surface area contributed by atoms with E-state index in [2.05, 4.69) is 20.4 Å². The Hall–Kier alpha value is -2.51. The van der Waals surface area contributed by atoms with E-state index in [0.717, 1.165) is 17.0 Å². The molecule has 0 saturated carbocycles. The van der Waals surface area contributed by atoms with Gasteiger partial charge in [0.2, 0.25) is 11.9 Å². The molecule has 0 unspecified atom stereocenters. The summed E-state index contributed by atoms with van der Waals surface area (Å²) in [6, 6.07) is 0. The van der Waals surface area contributed by atoms with Crippen LogP contribution in [0.3, 0.4) is 0 Å². The summed E-state index contributed by atoms with van der Waals surface area (Å²) < 4.78 is 1.16. The van der Waals surface area contributed by atoms with Crippen molar-refractivity contribution in [3.63, 3.8) is 0 Å². The molecule has 2 aromatic rings. The smallest absolute Gasteiger partial charge is 0.341 e. The number of nitrogens with zero attached hydrogens (tertiary/aromatic N) is 4. The molecule has 82 valence electrons. The number of carboxylic acids is 1. The molecule has 2 rings (SSSR count). The number of aromatic nitrogens is 4. The summed E-state index contributed by atoms with van der Waals surface area (Å²) in [5.41, 5.74) is 0.0836. The molecular formula is C8H7N5O3. The number of anilines is 1. The van der Waals surface area contributed by atoms with Crippen molar-refractivity contribution in [2.24, 2.45) is 0 Å². The van der Waals surface area contributed by atoms with E-state index in [-0.39, 0.29) is 23.1 Å². The molecule has 0 radical (unpaired) electrons. The maximum Gasteiger partial charge on any atom is 0.341 e. The molecule has 0 aromatic carbocycles. The molecule has 8 heteroatoms. The van der Waals surface area contributed by atoms with Gasteiger partial charge in [-0.05, 0) is 0 Å². The van der Waals surface area contributed by atoms with Gasteiger partial charge in [-0.3, -0.25) is 10.1 Å². The monoisotopic (exact) mass is 221 g/mol. The Kier molecular flexibility index (Phi) is 2.24. The van der Waals surface area contributed by atoms with Crippen molar-refractivity contribution in [3.05, 3.63) is 18.1 Å². The molecule has 0 saturated heterocycles. The van der Waals surface area contributed by atoms with Crippen molar-refractivity contribution in [2.45, 2.75) is 6.92 Å². The Balaban J connectivity index is 2.61. The standard InChI is InChI=1S/C8H7N5O3/c1-4(14)12-8-10-3-9-6-5(7(15)16)2-11-13(6)8/h2-3H,1H3,(H,15,16)(H,9,10,12,14). The third-order valence-electron chi connectivity index (χ3n) is 1.82. The van der Waals surface area contributed by atoms with Crippen molar-refractivity contribution in [3.8, 4) is 0 Å². The Morgan fingerprint density at radius 1 is 1.44 bits per heavy atom. The minimum absolute atomic E-state index is 0.0472. The highest BCUT2D eigenvalue weighted by molar-refractivity contribution is 5.94. The number of fused-ring (bicyclic) bond motifs is 1. The van der Waals surface area contributed by atoms with Crippen LogP contribution in [-0.2, 0) is 4.79 Å². The van der Waals surface area contributed by atoms with E-state index in [4.69, 9.17) is 5.11 Å². The lowest BCUT2D eigenvalue weighted by molar-refractivity contribution is -0.114. The van der Waals surface area contributed by atoms with Crippen LogP contribution < -0.4 is 5.32 Å². The first-order chi connectivity index (χ1) is 7.59. The summed E-state index contributed by atoms with van der Waals surface area (Å²) in [5, 5.41) is 15.0. The van der Waals surface area contributed by atoms with Gasteiger partial charge in [-0.1, -0.05) is 0 Å². The minimum Gasteiger partial charge on any atom is -0.477 e. The number of carbonyl (C=O) groups is 2. The molecule has 0 atom stereocenters. The number of carboxylic acid groups (broad SMARTS) is 1. The van der Waals surface area contributed by atoms with Crippen LogP contribution in [0, 0.1) is 0 Å². The highest BCUT2D eigenvalue weighted by atomic mass is 16.4. The summed E-state index contributed by atoms with van der Waals surface area (Å²) in [5.74, 6) is -1.33. The van der Waals surface area contributed by atoms with Crippen LogP contribution in [-0.4, -0.2) is 36.6 Å². The van der Waals surface area contributed by atoms with Crippen LogP contribution in [0.4, 0.5) is 5.95 Å². The lowest BCUT2D eigenvalue weighted by Crippen LogP contribution is -2.12. The Labute approximate surface area is 88.9 Å². The fourth-order valence-corrected chi connectivity index (χ4v) is 1.21. The fourth-order valence-electron chi connectivity index (χ4n) is 1.21. The lowest BCUT2D eigenvalue weighted by Gasteiger charge is -2.02. The van der Waals surface area contributed by atoms with Crippen LogP contribution in [0.25, 0.3) is 5.65 Å². The number of hydrogen-bond donors (Lipinski definition) is 2. The zero-order valence-corrected chi connectivity index (χ0v) is 8.21. The van der Waals surface area contributed by atoms with E-state index in [1.54, 1.807) is 0 Å². The van der Waals surface area contributed by atoms with Gasteiger partial charge in [-0.25, -0.2) is 14.8 Å². The van der Waals surface area contributed by atoms with Crippen LogP contribution >= 0.6 is 0 Å². The first-order valence-electron chi connectivity index (χ1n) is 4.29. The van der Waals surface area contributed by atoms with E-state index in [9.17, 15) is 9.59 Å². The molecule has 0 aliphatic heterocycles. The number of aromatic carboxylic acids is 1. The van der Waals surface area contributed by atoms with E-state index in [1.165, 1.54) is 6.92 Å². The van der Waals surface area contributed by atoms with Gasteiger partial charge in [0.05, 0.1) is 6.20 Å². The second-order valence-electron chi connectivity index (χ2n) is 2.98. The summed E-state index contributed by atoms with van der Waals surface area (Å²) >= 11 is 0. The molecule has 2 N–H and O–H groups in total. The van der Waals surface area contributed by atoms with Gasteiger partial charge < -0.3 is 5.11 Å². The predicted molar refractivity (Wildman–Crippen MR) is 52.0 cm³/mol. The normalized spacial score (nSPS) is 10.3. The molecule has 16 heavy (non-hydrogen) atoms. The number of carbonyl (C=O) groups excluding carboxylic acids is 1. The van der Waals surface area contributed by atoms with E-state index in [0.29, 0.717) is 0 Å². The van der Waals surface area contributed by atoms with Crippen molar-refractivity contribution in [1.29, 1.82) is 0 Å². The number of rotatable bonds is 2. The SMILES string of the molecule is CC(=O)Nc1ncnc2c(C(=O)O)cnn12. The maximum atomic E-state index is 10.9. The van der Waals surface area contributed by atoms with Crippen LogP contribution in [0.1, 0.15) is 17.3 Å². The summed E-state index contributed by atoms with van der Waals surface area (Å²) in [6.07, 6.45) is 2.31. The van der Waals surface area contributed by atoms with Gasteiger partial charge in [-0.15, -0.1) is 0 Å². The third kappa shape index (κ3) is 1.56. The van der Waals surface area contributed by atoms with Crippen LogP contribution in [0.2, 0.25) is 0 Å². The maximum absolute atomic E-state index is 10.9. The highest BCUT2D eigenvalue weighted by Gasteiger charge is 2.15. The molecule has 0 aliphatic carbocycles. The zero-order chi connectivity index (χ0) is 11.7. The average Bonchev–Trinajstić information content (AvgIpc) is 2.61.